The second-order valence-electron chi connectivity index (χ2n) is 11.6. The van der Waals surface area contributed by atoms with Gasteiger partial charge in [-0.2, -0.15) is 0 Å². The number of nitrogens with one attached hydrogen (secondary N) is 1. The van der Waals surface area contributed by atoms with Crippen molar-refractivity contribution < 1.29 is 4.79 Å². The maximum Gasteiger partial charge on any atom is 0.254 e. The number of hydrogen-bond donors (Lipinski definition) is 3. The minimum atomic E-state index is -0.0583. The van der Waals surface area contributed by atoms with Crippen molar-refractivity contribution >= 4 is 34.4 Å². The van der Waals surface area contributed by atoms with Gasteiger partial charge in [0.25, 0.3) is 5.91 Å². The van der Waals surface area contributed by atoms with Crippen LogP contribution in [0.25, 0.3) is 11.0 Å². The standard InChI is InChI=1S/C36H47ClN6O/c1-2-3-4-5-6-7-8-9-23-43-33-20-17-30(36(44)42(24-22-38)26-28-12-18-31(37)19-13-28)25-32(33)41-34(43)21-14-27-10-15-29(16-11-27)35(39)40/h10-13,15-20,25H,2-9,14,21-24,26,38H2,1H3,(H3,39,40). The SMILES string of the molecule is CCCCCCCCCCn1c(CCc2ccc(C(=N)N)cc2)nc2cc(C(=O)N(CCN)Cc3ccc(Cl)cc3)ccc21. The van der Waals surface area contributed by atoms with E-state index in [0.29, 0.717) is 30.2 Å². The Morgan fingerprint density at radius 3 is 2.16 bits per heavy atom. The Morgan fingerprint density at radius 1 is 0.864 bits per heavy atom. The molecule has 0 fully saturated rings. The molecule has 3 aromatic carbocycles. The van der Waals surface area contributed by atoms with Gasteiger partial charge in [0.1, 0.15) is 11.7 Å². The molecule has 0 unspecified atom stereocenters. The lowest BCUT2D eigenvalue weighted by molar-refractivity contribution is 0.0748. The molecule has 234 valence electrons. The van der Waals surface area contributed by atoms with Crippen LogP contribution in [0.2, 0.25) is 5.02 Å². The van der Waals surface area contributed by atoms with Crippen molar-refractivity contribution in [1.82, 2.24) is 14.5 Å². The van der Waals surface area contributed by atoms with Gasteiger partial charge in [-0.1, -0.05) is 99.9 Å². The van der Waals surface area contributed by atoms with Crippen molar-refractivity contribution in [1.29, 1.82) is 5.41 Å². The zero-order chi connectivity index (χ0) is 31.3. The minimum Gasteiger partial charge on any atom is -0.384 e. The first kappa shape index (κ1) is 33.2. The molecule has 0 atom stereocenters. The van der Waals surface area contributed by atoms with E-state index in [1.807, 2.05) is 66.7 Å². The van der Waals surface area contributed by atoms with Crippen LogP contribution in [0.5, 0.6) is 0 Å². The number of hydrogen-bond acceptors (Lipinski definition) is 4. The minimum absolute atomic E-state index is 0.0583. The summed E-state index contributed by atoms with van der Waals surface area (Å²) >= 11 is 6.06. The summed E-state index contributed by atoms with van der Waals surface area (Å²) in [6, 6.07) is 21.3. The number of benzene rings is 3. The van der Waals surface area contributed by atoms with E-state index in [-0.39, 0.29) is 11.7 Å². The molecule has 7 nitrogen and oxygen atoms in total. The summed E-state index contributed by atoms with van der Waals surface area (Å²) < 4.78 is 2.34. The van der Waals surface area contributed by atoms with Gasteiger partial charge in [-0.05, 0) is 54.3 Å². The van der Waals surface area contributed by atoms with Crippen LogP contribution in [0.1, 0.15) is 91.2 Å². The molecule has 0 aliphatic rings. The lowest BCUT2D eigenvalue weighted by Crippen LogP contribution is -2.34. The molecule has 8 heteroatoms. The highest BCUT2D eigenvalue weighted by molar-refractivity contribution is 6.30. The predicted octanol–water partition coefficient (Wildman–Crippen LogP) is 7.50. The summed E-state index contributed by atoms with van der Waals surface area (Å²) in [5, 5.41) is 8.32. The topological polar surface area (TPSA) is 114 Å². The number of nitrogens with two attached hydrogens (primary N) is 2. The smallest absolute Gasteiger partial charge is 0.254 e. The highest BCUT2D eigenvalue weighted by Crippen LogP contribution is 2.23. The molecule has 5 N–H and O–H groups in total. The summed E-state index contributed by atoms with van der Waals surface area (Å²) in [5.74, 6) is 1.05. The van der Waals surface area contributed by atoms with Crippen molar-refractivity contribution in [2.45, 2.75) is 84.2 Å². The summed E-state index contributed by atoms with van der Waals surface area (Å²) in [6.07, 6.45) is 11.7. The number of nitrogen functional groups attached to an aromatic ring is 1. The van der Waals surface area contributed by atoms with E-state index in [1.165, 1.54) is 50.5 Å². The first-order chi connectivity index (χ1) is 21.4. The van der Waals surface area contributed by atoms with Crippen LogP contribution in [-0.4, -0.2) is 39.3 Å². The maximum absolute atomic E-state index is 13.7. The largest absolute Gasteiger partial charge is 0.384 e. The second-order valence-corrected chi connectivity index (χ2v) is 12.0. The number of amides is 1. The predicted molar refractivity (Wildman–Crippen MR) is 182 cm³/mol. The Morgan fingerprint density at radius 2 is 1.50 bits per heavy atom. The van der Waals surface area contributed by atoms with Crippen molar-refractivity contribution in [3.63, 3.8) is 0 Å². The molecular formula is C36H47ClN6O. The molecule has 0 bridgehead atoms. The molecule has 4 rings (SSSR count). The average molecular weight is 615 g/mol. The average Bonchev–Trinajstić information content (AvgIpc) is 3.38. The number of unbranched alkanes of at least 4 members (excludes halogenated alkanes) is 7. The zero-order valence-corrected chi connectivity index (χ0v) is 26.8. The third kappa shape index (κ3) is 9.41. The Balaban J connectivity index is 1.52. The van der Waals surface area contributed by atoms with Crippen LogP contribution in [0.3, 0.4) is 0 Å². The number of fused-ring (bicyclic) bond motifs is 1. The number of carbonyl (C=O) groups excluding carboxylic acids is 1. The third-order valence-corrected chi connectivity index (χ3v) is 8.44. The number of rotatable bonds is 18. The summed E-state index contributed by atoms with van der Waals surface area (Å²) in [6.45, 7) is 4.47. The number of nitrogens with zero attached hydrogens (tertiary/aromatic N) is 3. The van der Waals surface area contributed by atoms with Gasteiger partial charge in [-0.15, -0.1) is 0 Å². The second kappa shape index (κ2) is 17.0. The molecule has 1 aromatic heterocycles. The van der Waals surface area contributed by atoms with Gasteiger partial charge in [0.15, 0.2) is 0 Å². The third-order valence-electron chi connectivity index (χ3n) is 8.18. The van der Waals surface area contributed by atoms with Crippen LogP contribution in [0, 0.1) is 5.41 Å². The monoisotopic (exact) mass is 614 g/mol. The number of aromatic nitrogens is 2. The first-order valence-corrected chi connectivity index (χ1v) is 16.4. The van der Waals surface area contributed by atoms with E-state index in [0.717, 1.165) is 53.8 Å². The summed E-state index contributed by atoms with van der Waals surface area (Å²) in [5.41, 5.74) is 17.0. The molecule has 0 saturated heterocycles. The highest BCUT2D eigenvalue weighted by atomic mass is 35.5. The molecule has 0 aliphatic heterocycles. The van der Waals surface area contributed by atoms with Crippen LogP contribution in [-0.2, 0) is 25.9 Å². The quantitative estimate of drug-likeness (QED) is 0.0611. The van der Waals surface area contributed by atoms with E-state index >= 15 is 0 Å². The maximum atomic E-state index is 13.7. The molecule has 44 heavy (non-hydrogen) atoms. The van der Waals surface area contributed by atoms with E-state index in [9.17, 15) is 4.79 Å². The summed E-state index contributed by atoms with van der Waals surface area (Å²) in [4.78, 5) is 20.5. The van der Waals surface area contributed by atoms with Gasteiger partial charge in [0, 0.05) is 48.7 Å². The lowest BCUT2D eigenvalue weighted by Gasteiger charge is -2.22. The van der Waals surface area contributed by atoms with E-state index in [1.54, 1.807) is 4.90 Å². The van der Waals surface area contributed by atoms with Crippen molar-refractivity contribution in [3.8, 4) is 0 Å². The van der Waals surface area contributed by atoms with Crippen LogP contribution < -0.4 is 11.5 Å². The lowest BCUT2D eigenvalue weighted by atomic mass is 10.1. The number of halogens is 1. The number of aryl methyl sites for hydroxylation is 3. The van der Waals surface area contributed by atoms with Crippen molar-refractivity contribution in [2.24, 2.45) is 11.5 Å². The van der Waals surface area contributed by atoms with Crippen LogP contribution in [0.4, 0.5) is 0 Å². The Labute approximate surface area is 267 Å². The van der Waals surface area contributed by atoms with Gasteiger partial charge < -0.3 is 20.9 Å². The molecule has 4 aromatic rings. The van der Waals surface area contributed by atoms with Crippen molar-refractivity contribution in [2.75, 3.05) is 13.1 Å². The van der Waals surface area contributed by atoms with Gasteiger partial charge in [-0.3, -0.25) is 10.2 Å². The van der Waals surface area contributed by atoms with Gasteiger partial charge in [0.05, 0.1) is 11.0 Å². The van der Waals surface area contributed by atoms with E-state index in [4.69, 9.17) is 33.5 Å². The van der Waals surface area contributed by atoms with E-state index in [2.05, 4.69) is 11.5 Å². The van der Waals surface area contributed by atoms with Gasteiger partial charge >= 0.3 is 0 Å². The first-order valence-electron chi connectivity index (χ1n) is 16.1. The normalized spacial score (nSPS) is 11.2. The van der Waals surface area contributed by atoms with Gasteiger partial charge in [0.2, 0.25) is 0 Å². The molecule has 0 saturated carbocycles. The summed E-state index contributed by atoms with van der Waals surface area (Å²) in [7, 11) is 0. The Kier molecular flexibility index (Phi) is 12.8. The van der Waals surface area contributed by atoms with Crippen LogP contribution in [0.15, 0.2) is 66.7 Å². The van der Waals surface area contributed by atoms with E-state index < -0.39 is 0 Å². The molecular weight excluding hydrogens is 568 g/mol. The fourth-order valence-corrected chi connectivity index (χ4v) is 5.79. The fourth-order valence-electron chi connectivity index (χ4n) is 5.66. The highest BCUT2D eigenvalue weighted by Gasteiger charge is 2.19. The van der Waals surface area contributed by atoms with Crippen LogP contribution >= 0.6 is 11.6 Å². The zero-order valence-electron chi connectivity index (χ0n) is 26.0. The molecule has 0 spiro atoms. The fraction of sp³-hybridized carbons (Fsp3) is 0.417. The number of carbonyl (C=O) groups is 1. The molecule has 0 aliphatic carbocycles. The number of imidazole rings is 1. The Hall–Kier alpha value is -3.68. The molecule has 1 amide bonds. The Bertz CT molecular complexity index is 1500. The number of amidine groups is 1. The van der Waals surface area contributed by atoms with Gasteiger partial charge in [-0.25, -0.2) is 4.98 Å². The molecule has 1 heterocycles. The molecule has 0 radical (unpaired) electrons. The van der Waals surface area contributed by atoms with Crippen molar-refractivity contribution in [3.05, 3.63) is 99.8 Å².